The molecule has 1 atom stereocenters. The SMILES string of the molecule is O=C(Nc1ccc(F)cc1)C(Sc1nnnn1-c1ccc(O)cc1)c1ccccc1. The first kappa shape index (κ1) is 19.6. The average molecular weight is 421 g/mol. The zero-order valence-corrected chi connectivity index (χ0v) is 16.3. The molecule has 1 heterocycles. The van der Waals surface area contributed by atoms with E-state index in [9.17, 15) is 14.3 Å². The van der Waals surface area contributed by atoms with Crippen LogP contribution in [0.15, 0.2) is 84.0 Å². The largest absolute Gasteiger partial charge is 0.508 e. The number of thioether (sulfide) groups is 1. The molecule has 0 aliphatic rings. The second-order valence-electron chi connectivity index (χ2n) is 6.29. The smallest absolute Gasteiger partial charge is 0.242 e. The zero-order valence-electron chi connectivity index (χ0n) is 15.5. The van der Waals surface area contributed by atoms with Gasteiger partial charge < -0.3 is 10.4 Å². The van der Waals surface area contributed by atoms with Crippen molar-refractivity contribution in [1.29, 1.82) is 0 Å². The summed E-state index contributed by atoms with van der Waals surface area (Å²) in [6.45, 7) is 0. The number of phenolic OH excluding ortho intramolecular Hbond substituents is 1. The predicted molar refractivity (Wildman–Crippen MR) is 111 cm³/mol. The van der Waals surface area contributed by atoms with Crippen molar-refractivity contribution >= 4 is 23.4 Å². The lowest BCUT2D eigenvalue weighted by Gasteiger charge is -2.16. The maximum absolute atomic E-state index is 13.2. The van der Waals surface area contributed by atoms with Crippen molar-refractivity contribution in [1.82, 2.24) is 20.2 Å². The molecular weight excluding hydrogens is 405 g/mol. The Bertz CT molecular complexity index is 1130. The van der Waals surface area contributed by atoms with Crippen molar-refractivity contribution in [3.63, 3.8) is 0 Å². The maximum Gasteiger partial charge on any atom is 0.242 e. The number of phenols is 1. The molecule has 3 aromatic carbocycles. The van der Waals surface area contributed by atoms with Crippen LogP contribution in [0, 0.1) is 5.82 Å². The van der Waals surface area contributed by atoms with Gasteiger partial charge in [0.15, 0.2) is 0 Å². The Hall–Kier alpha value is -3.72. The monoisotopic (exact) mass is 421 g/mol. The van der Waals surface area contributed by atoms with Crippen molar-refractivity contribution in [2.75, 3.05) is 5.32 Å². The number of carbonyl (C=O) groups is 1. The van der Waals surface area contributed by atoms with E-state index in [0.717, 1.165) is 5.56 Å². The number of nitrogens with one attached hydrogen (secondary N) is 1. The minimum Gasteiger partial charge on any atom is -0.508 e. The molecule has 4 rings (SSSR count). The normalized spacial score (nSPS) is 11.8. The number of benzene rings is 3. The number of nitrogens with zero attached hydrogens (tertiary/aromatic N) is 4. The highest BCUT2D eigenvalue weighted by molar-refractivity contribution is 8.00. The zero-order chi connectivity index (χ0) is 20.9. The summed E-state index contributed by atoms with van der Waals surface area (Å²) in [4.78, 5) is 13.1. The van der Waals surface area contributed by atoms with E-state index in [2.05, 4.69) is 20.8 Å². The van der Waals surface area contributed by atoms with Crippen LogP contribution in [0.5, 0.6) is 5.75 Å². The summed E-state index contributed by atoms with van der Waals surface area (Å²) in [7, 11) is 0. The molecule has 30 heavy (non-hydrogen) atoms. The lowest BCUT2D eigenvalue weighted by Crippen LogP contribution is -2.19. The lowest BCUT2D eigenvalue weighted by molar-refractivity contribution is -0.115. The lowest BCUT2D eigenvalue weighted by atomic mass is 10.1. The van der Waals surface area contributed by atoms with E-state index in [1.807, 2.05) is 30.3 Å². The highest BCUT2D eigenvalue weighted by Crippen LogP contribution is 2.35. The summed E-state index contributed by atoms with van der Waals surface area (Å²) in [5.74, 6) is -0.546. The van der Waals surface area contributed by atoms with Gasteiger partial charge in [-0.25, -0.2) is 4.39 Å². The van der Waals surface area contributed by atoms with E-state index in [4.69, 9.17) is 0 Å². The van der Waals surface area contributed by atoms with Crippen LogP contribution in [0.25, 0.3) is 5.69 Å². The van der Waals surface area contributed by atoms with Gasteiger partial charge in [0.05, 0.1) is 5.69 Å². The molecule has 4 aromatic rings. The number of anilines is 1. The molecule has 9 heteroatoms. The topological polar surface area (TPSA) is 92.9 Å². The van der Waals surface area contributed by atoms with Gasteiger partial charge in [0, 0.05) is 5.69 Å². The molecule has 1 aromatic heterocycles. The molecule has 0 fully saturated rings. The third-order valence-electron chi connectivity index (χ3n) is 4.21. The molecule has 0 bridgehead atoms. The highest BCUT2D eigenvalue weighted by Gasteiger charge is 2.25. The van der Waals surface area contributed by atoms with E-state index in [-0.39, 0.29) is 17.5 Å². The Balaban J connectivity index is 1.63. The number of hydrogen-bond donors (Lipinski definition) is 2. The van der Waals surface area contributed by atoms with Crippen LogP contribution in [0.2, 0.25) is 0 Å². The number of aromatic nitrogens is 4. The molecule has 1 amide bonds. The quantitative estimate of drug-likeness (QED) is 0.458. The molecule has 1 unspecified atom stereocenters. The number of hydrogen-bond acceptors (Lipinski definition) is 6. The first-order valence-electron chi connectivity index (χ1n) is 8.96. The maximum atomic E-state index is 13.2. The van der Waals surface area contributed by atoms with E-state index >= 15 is 0 Å². The van der Waals surface area contributed by atoms with Gasteiger partial charge in [-0.3, -0.25) is 4.79 Å². The Labute approximate surface area is 175 Å². The summed E-state index contributed by atoms with van der Waals surface area (Å²) in [6, 6.07) is 21.2. The van der Waals surface area contributed by atoms with Crippen molar-refractivity contribution < 1.29 is 14.3 Å². The molecule has 0 saturated heterocycles. The first-order valence-corrected chi connectivity index (χ1v) is 9.84. The van der Waals surface area contributed by atoms with Crippen molar-refractivity contribution in [3.05, 3.63) is 90.2 Å². The Kier molecular flexibility index (Phi) is 5.71. The molecule has 150 valence electrons. The Morgan fingerprint density at radius 3 is 2.40 bits per heavy atom. The summed E-state index contributed by atoms with van der Waals surface area (Å²) in [5.41, 5.74) is 1.90. The summed E-state index contributed by atoms with van der Waals surface area (Å²) < 4.78 is 14.7. The molecule has 0 saturated carbocycles. The molecular formula is C21H16FN5O2S. The fourth-order valence-corrected chi connectivity index (χ4v) is 3.75. The minimum atomic E-state index is -0.655. The predicted octanol–water partition coefficient (Wildman–Crippen LogP) is 3.98. The van der Waals surface area contributed by atoms with Gasteiger partial charge in [-0.05, 0) is 64.5 Å². The van der Waals surface area contributed by atoms with Gasteiger partial charge >= 0.3 is 0 Å². The van der Waals surface area contributed by atoms with Crippen molar-refractivity contribution in [3.8, 4) is 11.4 Å². The Morgan fingerprint density at radius 1 is 1.00 bits per heavy atom. The molecule has 7 nitrogen and oxygen atoms in total. The fraction of sp³-hybridized carbons (Fsp3) is 0.0476. The standard InChI is InChI=1S/C21H16FN5O2S/c22-15-6-8-16(9-7-15)23-20(29)19(14-4-2-1-3-5-14)30-21-24-25-26-27(21)17-10-12-18(28)13-11-17/h1-13,19,28H,(H,23,29). The van der Waals surface area contributed by atoms with Crippen LogP contribution in [0.4, 0.5) is 10.1 Å². The van der Waals surface area contributed by atoms with Gasteiger partial charge in [-0.2, -0.15) is 4.68 Å². The fourth-order valence-electron chi connectivity index (χ4n) is 2.76. The summed E-state index contributed by atoms with van der Waals surface area (Å²) in [6.07, 6.45) is 0. The third-order valence-corrected chi connectivity index (χ3v) is 5.40. The van der Waals surface area contributed by atoms with Gasteiger partial charge in [0.25, 0.3) is 0 Å². The molecule has 0 aliphatic carbocycles. The van der Waals surface area contributed by atoms with E-state index in [1.165, 1.54) is 52.8 Å². The number of rotatable bonds is 6. The molecule has 2 N–H and O–H groups in total. The van der Waals surface area contributed by atoms with Gasteiger partial charge in [-0.15, -0.1) is 5.10 Å². The molecule has 0 spiro atoms. The summed E-state index contributed by atoms with van der Waals surface area (Å²) in [5, 5.41) is 23.8. The van der Waals surface area contributed by atoms with Crippen molar-refractivity contribution in [2.45, 2.75) is 10.4 Å². The van der Waals surface area contributed by atoms with Crippen molar-refractivity contribution in [2.24, 2.45) is 0 Å². The van der Waals surface area contributed by atoms with Crippen LogP contribution >= 0.6 is 11.8 Å². The van der Waals surface area contributed by atoms with E-state index in [0.29, 0.717) is 16.5 Å². The number of aromatic hydroxyl groups is 1. The number of tetrazole rings is 1. The van der Waals surface area contributed by atoms with Gasteiger partial charge in [-0.1, -0.05) is 42.1 Å². The molecule has 0 aliphatic heterocycles. The van der Waals surface area contributed by atoms with Crippen LogP contribution in [0.1, 0.15) is 10.8 Å². The third kappa shape index (κ3) is 4.47. The first-order chi connectivity index (χ1) is 14.6. The van der Waals surface area contributed by atoms with Crippen LogP contribution in [-0.2, 0) is 4.79 Å². The number of amides is 1. The van der Waals surface area contributed by atoms with E-state index in [1.54, 1.807) is 12.1 Å². The average Bonchev–Trinajstić information content (AvgIpc) is 3.23. The minimum absolute atomic E-state index is 0.127. The van der Waals surface area contributed by atoms with Crippen LogP contribution < -0.4 is 5.32 Å². The number of halogens is 1. The second kappa shape index (κ2) is 8.75. The van der Waals surface area contributed by atoms with Gasteiger partial charge in [0.2, 0.25) is 11.1 Å². The van der Waals surface area contributed by atoms with Crippen LogP contribution in [0.3, 0.4) is 0 Å². The highest BCUT2D eigenvalue weighted by atomic mass is 32.2. The number of carbonyl (C=O) groups excluding carboxylic acids is 1. The van der Waals surface area contributed by atoms with Gasteiger partial charge in [0.1, 0.15) is 16.8 Å². The molecule has 0 radical (unpaired) electrons. The van der Waals surface area contributed by atoms with E-state index < -0.39 is 5.25 Å². The second-order valence-corrected chi connectivity index (χ2v) is 7.37. The Morgan fingerprint density at radius 2 is 1.70 bits per heavy atom. The summed E-state index contributed by atoms with van der Waals surface area (Å²) >= 11 is 1.18. The van der Waals surface area contributed by atoms with Crippen LogP contribution in [-0.4, -0.2) is 31.2 Å².